The molecule has 18 heteroatoms. The SMILES string of the molecule is CCCCC(C)c1ccc(C[C@H](NC(=O)[C@H](C)[C@@H](OC)[C@@H]2CCCN2C(=O)C[C@@H](OC)[C@H]([C@@H](C)CC)N(C)C(=O)[C@@H](NC(=O)[C@H](C(C)C)N(C)C(=O)CCCCCN2C(=O)CC(C(S)(CC)CC)C2=O)C(C)C)C(=O)O)cc1. The summed E-state index contributed by atoms with van der Waals surface area (Å²) in [6.45, 7) is 22.1. The van der Waals surface area contributed by atoms with Gasteiger partial charge in [-0.05, 0) is 79.7 Å². The molecule has 7 amide bonds. The molecule has 17 nitrogen and oxygen atoms in total. The molecule has 0 aliphatic carbocycles. The summed E-state index contributed by atoms with van der Waals surface area (Å²) in [5, 5.41) is 15.9. The lowest BCUT2D eigenvalue weighted by molar-refractivity contribution is -0.149. The van der Waals surface area contributed by atoms with Crippen molar-refractivity contribution in [2.75, 3.05) is 41.4 Å². The van der Waals surface area contributed by atoms with Crippen LogP contribution in [0.1, 0.15) is 183 Å². The van der Waals surface area contributed by atoms with Gasteiger partial charge in [-0.15, -0.1) is 0 Å². The number of carbonyl (C=O) groups is 8. The fraction of sp³-hybridized carbons (Fsp3) is 0.767. The van der Waals surface area contributed by atoms with Crippen LogP contribution in [0.2, 0.25) is 0 Å². The molecule has 0 bridgehead atoms. The maximum Gasteiger partial charge on any atom is 0.326 e. The van der Waals surface area contributed by atoms with Gasteiger partial charge in [-0.1, -0.05) is 126 Å². The van der Waals surface area contributed by atoms with Crippen LogP contribution in [-0.2, 0) is 54.3 Å². The van der Waals surface area contributed by atoms with Crippen LogP contribution in [-0.4, -0.2) is 161 Å². The summed E-state index contributed by atoms with van der Waals surface area (Å²) in [4.78, 5) is 116. The fourth-order valence-corrected chi connectivity index (χ4v) is 11.9. The number of carboxylic acids is 1. The van der Waals surface area contributed by atoms with Gasteiger partial charge in [0.15, 0.2) is 0 Å². The minimum Gasteiger partial charge on any atom is -0.480 e. The molecule has 11 atom stereocenters. The van der Waals surface area contributed by atoms with Crippen molar-refractivity contribution in [2.45, 2.75) is 226 Å². The lowest BCUT2D eigenvalue weighted by Gasteiger charge is -2.41. The van der Waals surface area contributed by atoms with Crippen LogP contribution in [0.15, 0.2) is 24.3 Å². The summed E-state index contributed by atoms with van der Waals surface area (Å²) in [5.41, 5.74) is 1.98. The van der Waals surface area contributed by atoms with Crippen molar-refractivity contribution in [1.82, 2.24) is 30.2 Å². The Kier molecular flexibility index (Phi) is 27.8. The van der Waals surface area contributed by atoms with E-state index in [0.717, 1.165) is 24.8 Å². The van der Waals surface area contributed by atoms with Crippen molar-refractivity contribution < 1.29 is 52.9 Å². The van der Waals surface area contributed by atoms with Crippen LogP contribution >= 0.6 is 12.6 Å². The van der Waals surface area contributed by atoms with E-state index in [0.29, 0.717) is 63.8 Å². The number of nitrogens with one attached hydrogen (secondary N) is 2. The highest BCUT2D eigenvalue weighted by Crippen LogP contribution is 2.40. The molecule has 0 saturated carbocycles. The molecule has 2 aliphatic rings. The number of hydrogen-bond donors (Lipinski definition) is 4. The number of benzene rings is 1. The molecule has 2 aliphatic heterocycles. The van der Waals surface area contributed by atoms with Gasteiger partial charge in [-0.25, -0.2) is 4.79 Å². The average molecular weight is 1110 g/mol. The smallest absolute Gasteiger partial charge is 0.326 e. The molecule has 2 saturated heterocycles. The lowest BCUT2D eigenvalue weighted by Crippen LogP contribution is -2.60. The number of unbranched alkanes of at least 4 members (excludes halogenated alkanes) is 3. The Morgan fingerprint density at radius 2 is 1.47 bits per heavy atom. The van der Waals surface area contributed by atoms with E-state index < -0.39 is 76.8 Å². The first-order valence-electron chi connectivity index (χ1n) is 29.1. The molecule has 3 N–H and O–H groups in total. The number of likely N-dealkylation sites (N-methyl/N-ethyl adjacent to an activating group) is 2. The summed E-state index contributed by atoms with van der Waals surface area (Å²) >= 11 is 4.78. The normalized spacial score (nSPS) is 19.5. The quantitative estimate of drug-likeness (QED) is 0.0295. The Morgan fingerprint density at radius 1 is 0.833 bits per heavy atom. The van der Waals surface area contributed by atoms with E-state index in [-0.39, 0.29) is 79.5 Å². The third kappa shape index (κ3) is 17.7. The number of ether oxygens (including phenoxy) is 2. The number of aliphatic carboxylic acids is 1. The Hall–Kier alpha value is -4.55. The number of nitrogens with zero attached hydrogens (tertiary/aromatic N) is 4. The molecule has 442 valence electrons. The molecular weight excluding hydrogens is 1010 g/mol. The van der Waals surface area contributed by atoms with E-state index in [4.69, 9.17) is 22.1 Å². The molecule has 2 unspecified atom stereocenters. The largest absolute Gasteiger partial charge is 0.480 e. The summed E-state index contributed by atoms with van der Waals surface area (Å²) < 4.78 is 11.5. The molecule has 78 heavy (non-hydrogen) atoms. The first kappa shape index (κ1) is 67.7. The third-order valence-corrected chi connectivity index (χ3v) is 18.1. The van der Waals surface area contributed by atoms with Gasteiger partial charge in [-0.2, -0.15) is 12.6 Å². The zero-order chi connectivity index (χ0) is 58.8. The van der Waals surface area contributed by atoms with E-state index in [2.05, 4.69) is 24.5 Å². The number of methoxy groups -OCH3 is 2. The number of thiol groups is 1. The number of rotatable bonds is 34. The van der Waals surface area contributed by atoms with Gasteiger partial charge < -0.3 is 39.9 Å². The molecule has 2 heterocycles. The van der Waals surface area contributed by atoms with Crippen molar-refractivity contribution in [3.8, 4) is 0 Å². The van der Waals surface area contributed by atoms with E-state index in [1.807, 2.05) is 79.7 Å². The lowest BCUT2D eigenvalue weighted by atomic mass is 9.85. The Balaban J connectivity index is 1.69. The van der Waals surface area contributed by atoms with Gasteiger partial charge in [0.05, 0.1) is 42.5 Å². The monoisotopic (exact) mass is 1110 g/mol. The average Bonchev–Trinajstić information content (AvgIpc) is 4.02. The summed E-state index contributed by atoms with van der Waals surface area (Å²) in [5.74, 6) is -4.98. The third-order valence-electron chi connectivity index (χ3n) is 17.2. The standard InChI is InChI=1S/C60H100N6O11S/c1-16-20-25-40(10)43-30-28-42(29-31-43)34-45(59(74)75)61-55(70)41(11)54(77-15)46-26-24-33-65(46)50(69)36-47(76-14)53(39(9)17-2)64(13)58(73)51(37(5)6)62-56(71)52(38(7)8)63(12)48(67)27-22-21-23-32-66-49(68)35-44(57(66)72)60(78,18-3)19-4/h28-31,37-41,44-47,51-54,78H,16-27,32-36H2,1-15H3,(H,61,70)(H,62,71)(H,74,75)/t39-,40?,41+,44?,45-,46-,47+,51-,52-,53-,54+/m0/s1. The van der Waals surface area contributed by atoms with E-state index in [9.17, 15) is 43.5 Å². The van der Waals surface area contributed by atoms with Gasteiger partial charge in [0.25, 0.3) is 0 Å². The predicted octanol–water partition coefficient (Wildman–Crippen LogP) is 8.06. The topological polar surface area (TPSA) is 212 Å². The van der Waals surface area contributed by atoms with E-state index >= 15 is 0 Å². The molecular formula is C60H100N6O11S. The summed E-state index contributed by atoms with van der Waals surface area (Å²) in [7, 11) is 6.26. The van der Waals surface area contributed by atoms with Crippen LogP contribution in [0.3, 0.4) is 0 Å². The molecule has 0 spiro atoms. The molecule has 3 rings (SSSR count). The number of hydrogen-bond acceptors (Lipinski definition) is 11. The Bertz CT molecular complexity index is 2140. The fourth-order valence-electron chi connectivity index (χ4n) is 11.7. The molecule has 0 radical (unpaired) electrons. The molecule has 1 aromatic rings. The maximum absolute atomic E-state index is 14.7. The van der Waals surface area contributed by atoms with Crippen molar-refractivity contribution in [3.63, 3.8) is 0 Å². The van der Waals surface area contributed by atoms with Crippen LogP contribution in [0.4, 0.5) is 0 Å². The van der Waals surface area contributed by atoms with Gasteiger partial charge in [0.1, 0.15) is 18.1 Å². The van der Waals surface area contributed by atoms with E-state index in [1.165, 1.54) is 29.6 Å². The van der Waals surface area contributed by atoms with Crippen LogP contribution in [0.25, 0.3) is 0 Å². The van der Waals surface area contributed by atoms with Crippen molar-refractivity contribution in [2.24, 2.45) is 29.6 Å². The highest BCUT2D eigenvalue weighted by Gasteiger charge is 2.48. The van der Waals surface area contributed by atoms with Gasteiger partial charge in [0, 0.05) is 65.4 Å². The molecule has 0 aromatic heterocycles. The van der Waals surface area contributed by atoms with E-state index in [1.54, 1.807) is 30.8 Å². The second kappa shape index (κ2) is 32.0. The number of carboxylic acid groups (broad SMARTS) is 1. The zero-order valence-electron chi connectivity index (χ0n) is 50.1. The van der Waals surface area contributed by atoms with Crippen molar-refractivity contribution in [1.29, 1.82) is 0 Å². The van der Waals surface area contributed by atoms with Gasteiger partial charge in [-0.3, -0.25) is 38.5 Å². The first-order chi connectivity index (χ1) is 36.8. The Morgan fingerprint density at radius 3 is 2.01 bits per heavy atom. The van der Waals surface area contributed by atoms with Crippen LogP contribution < -0.4 is 10.6 Å². The minimum atomic E-state index is -1.18. The number of likely N-dealkylation sites (tertiary alicyclic amines) is 2. The number of carbonyl (C=O) groups excluding carboxylic acids is 7. The maximum atomic E-state index is 14.7. The second-order valence-electron chi connectivity index (χ2n) is 23.2. The van der Waals surface area contributed by atoms with Gasteiger partial charge in [0.2, 0.25) is 41.4 Å². The Labute approximate surface area is 473 Å². The summed E-state index contributed by atoms with van der Waals surface area (Å²) in [6, 6.07) is 3.78. The first-order valence-corrected chi connectivity index (χ1v) is 29.6. The zero-order valence-corrected chi connectivity index (χ0v) is 51.0. The highest BCUT2D eigenvalue weighted by atomic mass is 32.1. The van der Waals surface area contributed by atoms with Crippen LogP contribution in [0.5, 0.6) is 0 Å². The highest BCUT2D eigenvalue weighted by molar-refractivity contribution is 7.81. The van der Waals surface area contributed by atoms with Gasteiger partial charge >= 0.3 is 5.97 Å². The van der Waals surface area contributed by atoms with Crippen molar-refractivity contribution >= 4 is 59.9 Å². The minimum absolute atomic E-state index is 0.0848. The molecule has 2 fully saturated rings. The van der Waals surface area contributed by atoms with Crippen LogP contribution in [0, 0.1) is 29.6 Å². The summed E-state index contributed by atoms with van der Waals surface area (Å²) in [6.07, 6.45) is 7.04. The number of amides is 7. The second-order valence-corrected chi connectivity index (χ2v) is 24.1. The number of imide groups is 1. The predicted molar refractivity (Wildman–Crippen MR) is 308 cm³/mol. The van der Waals surface area contributed by atoms with Crippen molar-refractivity contribution in [3.05, 3.63) is 35.4 Å². The molecule has 1 aromatic carbocycles.